The average molecular weight is 332 g/mol. The first-order valence-corrected chi connectivity index (χ1v) is 7.65. The molecule has 0 saturated carbocycles. The Morgan fingerprint density at radius 1 is 1.32 bits per heavy atom. The van der Waals surface area contributed by atoms with Crippen LogP contribution in [0.5, 0.6) is 5.75 Å². The average Bonchev–Trinajstić information content (AvgIpc) is 3.01. The molecule has 1 heterocycles. The van der Waals surface area contributed by atoms with Gasteiger partial charge in [-0.25, -0.2) is 4.98 Å². The molecule has 0 spiro atoms. The van der Waals surface area contributed by atoms with E-state index in [1.807, 2.05) is 25.1 Å². The Morgan fingerprint density at radius 3 is 2.76 bits per heavy atom. The predicted octanol–water partition coefficient (Wildman–Crippen LogP) is 2.80. The number of fused-ring (bicyclic) bond motifs is 1. The number of rotatable bonds is 5. The number of carbonyl (C=O) groups is 1. The zero-order chi connectivity index (χ0) is 17.8. The highest BCUT2D eigenvalue weighted by Gasteiger charge is 2.08. The molecule has 0 atom stereocenters. The number of amides is 1. The molecule has 3 rings (SSSR count). The molecular weight excluding hydrogens is 316 g/mol. The van der Waals surface area contributed by atoms with E-state index in [1.54, 1.807) is 30.3 Å². The second-order valence-corrected chi connectivity index (χ2v) is 5.60. The number of ether oxygens (including phenoxy) is 1. The zero-order valence-corrected chi connectivity index (χ0v) is 13.6. The van der Waals surface area contributed by atoms with Gasteiger partial charge in [-0.1, -0.05) is 18.2 Å². The number of imidazole rings is 1. The number of nitrogens with zero attached hydrogens (tertiary/aromatic N) is 2. The van der Waals surface area contributed by atoms with Gasteiger partial charge in [0.05, 0.1) is 16.6 Å². The number of hydrogen-bond donors (Lipinski definition) is 2. The molecule has 0 unspecified atom stereocenters. The van der Waals surface area contributed by atoms with Gasteiger partial charge < -0.3 is 15.5 Å². The molecule has 2 aromatic carbocycles. The van der Waals surface area contributed by atoms with Gasteiger partial charge in [-0.3, -0.25) is 4.79 Å². The minimum atomic E-state index is -0.532. The molecule has 0 bridgehead atoms. The molecule has 6 nitrogen and oxygen atoms in total. The Bertz CT molecular complexity index is 994. The quantitative estimate of drug-likeness (QED) is 0.701. The van der Waals surface area contributed by atoms with Crippen LogP contribution in [0, 0.1) is 18.3 Å². The lowest BCUT2D eigenvalue weighted by atomic mass is 10.1. The number of carbonyl (C=O) groups excluding carboxylic acids is 1. The van der Waals surface area contributed by atoms with Crippen LogP contribution in [0.4, 0.5) is 0 Å². The van der Waals surface area contributed by atoms with Crippen LogP contribution >= 0.6 is 0 Å². The molecule has 1 aromatic heterocycles. The lowest BCUT2D eigenvalue weighted by molar-refractivity contribution is -0.119. The van der Waals surface area contributed by atoms with Crippen molar-refractivity contribution >= 4 is 28.6 Å². The first-order chi connectivity index (χ1) is 12.0. The highest BCUT2D eigenvalue weighted by Crippen LogP contribution is 2.21. The Kier molecular flexibility index (Phi) is 4.48. The maximum atomic E-state index is 10.7. The van der Waals surface area contributed by atoms with Crippen LogP contribution in [-0.2, 0) is 4.79 Å². The summed E-state index contributed by atoms with van der Waals surface area (Å²) < 4.78 is 5.21. The maximum absolute atomic E-state index is 10.7. The number of benzene rings is 2. The first kappa shape index (κ1) is 16.3. The van der Waals surface area contributed by atoms with Gasteiger partial charge in [0.2, 0.25) is 0 Å². The van der Waals surface area contributed by atoms with E-state index in [1.165, 1.54) is 0 Å². The highest BCUT2D eigenvalue weighted by molar-refractivity contribution is 5.90. The van der Waals surface area contributed by atoms with Gasteiger partial charge in [0.25, 0.3) is 5.91 Å². The largest absolute Gasteiger partial charge is 0.484 e. The van der Waals surface area contributed by atoms with E-state index < -0.39 is 5.91 Å². The number of nitrogens with two attached hydrogens (primary N) is 1. The molecular formula is C19H16N4O2. The van der Waals surface area contributed by atoms with E-state index in [0.717, 1.165) is 22.2 Å². The van der Waals surface area contributed by atoms with Gasteiger partial charge in [0, 0.05) is 0 Å². The summed E-state index contributed by atoms with van der Waals surface area (Å²) in [6, 6.07) is 15.1. The Morgan fingerprint density at radius 2 is 2.08 bits per heavy atom. The summed E-state index contributed by atoms with van der Waals surface area (Å²) in [6.45, 7) is 1.83. The summed E-state index contributed by atoms with van der Waals surface area (Å²) in [5, 5.41) is 9.47. The summed E-state index contributed by atoms with van der Waals surface area (Å²) in [7, 11) is 0. The summed E-state index contributed by atoms with van der Waals surface area (Å²) in [5.74, 6) is 0.529. The van der Waals surface area contributed by atoms with Crippen molar-refractivity contribution in [1.29, 1.82) is 5.26 Å². The van der Waals surface area contributed by atoms with E-state index in [4.69, 9.17) is 10.5 Å². The van der Waals surface area contributed by atoms with Gasteiger partial charge in [-0.2, -0.15) is 5.26 Å². The number of nitrogens with one attached hydrogen (secondary N) is 1. The summed E-state index contributed by atoms with van der Waals surface area (Å²) in [5.41, 5.74) is 9.12. The van der Waals surface area contributed by atoms with Gasteiger partial charge >= 0.3 is 0 Å². The van der Waals surface area contributed by atoms with Crippen LogP contribution < -0.4 is 10.5 Å². The van der Waals surface area contributed by atoms with Crippen LogP contribution in [0.25, 0.3) is 22.7 Å². The number of hydrogen-bond acceptors (Lipinski definition) is 4. The van der Waals surface area contributed by atoms with Crippen molar-refractivity contribution in [2.75, 3.05) is 6.61 Å². The smallest absolute Gasteiger partial charge is 0.255 e. The third kappa shape index (κ3) is 3.85. The lowest BCUT2D eigenvalue weighted by Gasteiger charge is -2.03. The topological polar surface area (TPSA) is 105 Å². The molecule has 3 N–H and O–H groups in total. The van der Waals surface area contributed by atoms with E-state index >= 15 is 0 Å². The molecule has 3 aromatic rings. The third-order valence-electron chi connectivity index (χ3n) is 3.59. The van der Waals surface area contributed by atoms with Crippen molar-refractivity contribution in [3.05, 3.63) is 59.4 Å². The lowest BCUT2D eigenvalue weighted by Crippen LogP contribution is -2.19. The van der Waals surface area contributed by atoms with E-state index in [9.17, 15) is 10.1 Å². The molecule has 0 aliphatic heterocycles. The standard InChI is InChI=1S/C19H16N4O2/c1-12-2-7-16-17(8-12)23-19(22-16)14(10-20)9-13-3-5-15(6-4-13)25-11-18(21)24/h2-9H,11H2,1H3,(H2,21,24)(H,22,23). The van der Waals surface area contributed by atoms with Crippen molar-refractivity contribution in [1.82, 2.24) is 9.97 Å². The van der Waals surface area contributed by atoms with Crippen molar-refractivity contribution < 1.29 is 9.53 Å². The fraction of sp³-hybridized carbons (Fsp3) is 0.105. The third-order valence-corrected chi connectivity index (χ3v) is 3.59. The molecule has 0 fully saturated rings. The monoisotopic (exact) mass is 332 g/mol. The number of aromatic nitrogens is 2. The minimum Gasteiger partial charge on any atom is -0.484 e. The van der Waals surface area contributed by atoms with Gasteiger partial charge in [-0.05, 0) is 48.4 Å². The minimum absolute atomic E-state index is 0.170. The number of allylic oxidation sites excluding steroid dienone is 1. The number of H-pyrrole nitrogens is 1. The molecule has 0 radical (unpaired) electrons. The number of primary amides is 1. The molecule has 25 heavy (non-hydrogen) atoms. The summed E-state index contributed by atoms with van der Waals surface area (Å²) in [4.78, 5) is 18.4. The van der Waals surface area contributed by atoms with Gasteiger partial charge in [0.15, 0.2) is 6.61 Å². The first-order valence-electron chi connectivity index (χ1n) is 7.65. The predicted molar refractivity (Wildman–Crippen MR) is 95.4 cm³/mol. The highest BCUT2D eigenvalue weighted by atomic mass is 16.5. The molecule has 124 valence electrons. The number of aryl methyl sites for hydroxylation is 1. The Hall–Kier alpha value is -3.59. The Balaban J connectivity index is 1.86. The number of aromatic amines is 1. The van der Waals surface area contributed by atoms with Crippen LogP contribution in [-0.4, -0.2) is 22.5 Å². The van der Waals surface area contributed by atoms with Crippen molar-refractivity contribution in [3.8, 4) is 11.8 Å². The van der Waals surface area contributed by atoms with E-state index in [0.29, 0.717) is 17.1 Å². The fourth-order valence-electron chi connectivity index (χ4n) is 2.39. The molecule has 6 heteroatoms. The van der Waals surface area contributed by atoms with Crippen molar-refractivity contribution in [2.45, 2.75) is 6.92 Å². The van der Waals surface area contributed by atoms with Crippen molar-refractivity contribution in [2.24, 2.45) is 5.73 Å². The second-order valence-electron chi connectivity index (χ2n) is 5.60. The normalized spacial score (nSPS) is 11.3. The van der Waals surface area contributed by atoms with E-state index in [-0.39, 0.29) is 6.61 Å². The van der Waals surface area contributed by atoms with Gasteiger partial charge in [-0.15, -0.1) is 0 Å². The fourth-order valence-corrected chi connectivity index (χ4v) is 2.39. The van der Waals surface area contributed by atoms with Crippen LogP contribution in [0.1, 0.15) is 17.0 Å². The second kappa shape index (κ2) is 6.89. The van der Waals surface area contributed by atoms with Gasteiger partial charge in [0.1, 0.15) is 17.6 Å². The zero-order valence-electron chi connectivity index (χ0n) is 13.6. The van der Waals surface area contributed by atoms with Crippen LogP contribution in [0.15, 0.2) is 42.5 Å². The summed E-state index contributed by atoms with van der Waals surface area (Å²) in [6.07, 6.45) is 1.74. The molecule has 0 aliphatic carbocycles. The van der Waals surface area contributed by atoms with Crippen LogP contribution in [0.2, 0.25) is 0 Å². The molecule has 0 aliphatic rings. The van der Waals surface area contributed by atoms with Crippen molar-refractivity contribution in [3.63, 3.8) is 0 Å². The van der Waals surface area contributed by atoms with Crippen LogP contribution in [0.3, 0.4) is 0 Å². The molecule has 0 saturated heterocycles. The number of nitriles is 1. The Labute approximate surface area is 144 Å². The summed E-state index contributed by atoms with van der Waals surface area (Å²) >= 11 is 0. The SMILES string of the molecule is Cc1ccc2nc(C(C#N)=Cc3ccc(OCC(N)=O)cc3)[nH]c2c1. The van der Waals surface area contributed by atoms with E-state index in [2.05, 4.69) is 16.0 Å². The maximum Gasteiger partial charge on any atom is 0.255 e. The molecule has 1 amide bonds.